The summed E-state index contributed by atoms with van der Waals surface area (Å²) in [6, 6.07) is 4.07. The first-order chi connectivity index (χ1) is 9.30. The molecule has 4 nitrogen and oxygen atoms in total. The van der Waals surface area contributed by atoms with Crippen molar-refractivity contribution in [3.05, 3.63) is 28.5 Å². The van der Waals surface area contributed by atoms with Gasteiger partial charge in [0.15, 0.2) is 0 Å². The molecular weight excluding hydrogens is 320 g/mol. The van der Waals surface area contributed by atoms with Crippen LogP contribution in [0.25, 0.3) is 0 Å². The van der Waals surface area contributed by atoms with Crippen LogP contribution in [0.15, 0.2) is 22.8 Å². The van der Waals surface area contributed by atoms with Gasteiger partial charge in [-0.3, -0.25) is 4.98 Å². The number of fused-ring (bicyclic) bond motifs is 1. The van der Waals surface area contributed by atoms with E-state index in [9.17, 15) is 4.79 Å². The van der Waals surface area contributed by atoms with Gasteiger partial charge in [-0.25, -0.2) is 4.79 Å². The topological polar surface area (TPSA) is 42.4 Å². The van der Waals surface area contributed by atoms with E-state index in [1.807, 2.05) is 37.9 Å². The van der Waals surface area contributed by atoms with E-state index in [0.29, 0.717) is 5.92 Å². The van der Waals surface area contributed by atoms with Crippen LogP contribution in [0.4, 0.5) is 4.79 Å². The van der Waals surface area contributed by atoms with E-state index in [0.717, 1.165) is 29.7 Å². The summed E-state index contributed by atoms with van der Waals surface area (Å²) in [6.45, 7) is 7.20. The van der Waals surface area contributed by atoms with E-state index >= 15 is 0 Å². The minimum Gasteiger partial charge on any atom is -0.444 e. The van der Waals surface area contributed by atoms with E-state index in [4.69, 9.17) is 4.74 Å². The molecule has 2 heterocycles. The van der Waals surface area contributed by atoms with E-state index in [1.54, 1.807) is 0 Å². The third kappa shape index (κ3) is 2.43. The number of halogens is 1. The summed E-state index contributed by atoms with van der Waals surface area (Å²) in [7, 11) is 0. The predicted octanol–water partition coefficient (Wildman–Crippen LogP) is 3.35. The SMILES string of the molecule is CC(C)(C)OC(=O)N1C[C@H]2C[C@@]2(c2ccc(Br)cn2)C1. The minimum atomic E-state index is -0.438. The molecule has 3 rings (SSSR count). The van der Waals surface area contributed by atoms with Crippen LogP contribution in [0.5, 0.6) is 0 Å². The molecule has 1 saturated heterocycles. The molecule has 0 aromatic carbocycles. The monoisotopic (exact) mass is 338 g/mol. The fourth-order valence-corrected chi connectivity index (χ4v) is 3.25. The molecule has 1 aliphatic carbocycles. The van der Waals surface area contributed by atoms with Gasteiger partial charge in [-0.1, -0.05) is 0 Å². The Morgan fingerprint density at radius 1 is 1.50 bits per heavy atom. The summed E-state index contributed by atoms with van der Waals surface area (Å²) in [4.78, 5) is 18.5. The number of pyridine rings is 1. The van der Waals surface area contributed by atoms with Crippen molar-refractivity contribution < 1.29 is 9.53 Å². The van der Waals surface area contributed by atoms with Crippen LogP contribution in [0.3, 0.4) is 0 Å². The fraction of sp³-hybridized carbons (Fsp3) is 0.600. The highest BCUT2D eigenvalue weighted by Crippen LogP contribution is 2.58. The Balaban J connectivity index is 1.71. The Morgan fingerprint density at radius 2 is 2.25 bits per heavy atom. The molecule has 0 radical (unpaired) electrons. The first-order valence-corrected chi connectivity index (χ1v) is 7.69. The van der Waals surface area contributed by atoms with Crippen molar-refractivity contribution in [2.75, 3.05) is 13.1 Å². The van der Waals surface area contributed by atoms with Gasteiger partial charge in [-0.15, -0.1) is 0 Å². The van der Waals surface area contributed by atoms with Gasteiger partial charge in [-0.05, 0) is 61.2 Å². The zero-order valence-electron chi connectivity index (χ0n) is 12.0. The quantitative estimate of drug-likeness (QED) is 0.788. The maximum atomic E-state index is 12.1. The molecular formula is C15H19BrN2O2. The second-order valence-electron chi connectivity index (χ2n) is 6.78. The average molecular weight is 339 g/mol. The van der Waals surface area contributed by atoms with Gasteiger partial charge < -0.3 is 9.64 Å². The lowest BCUT2D eigenvalue weighted by Crippen LogP contribution is -2.37. The number of hydrogen-bond acceptors (Lipinski definition) is 3. The van der Waals surface area contributed by atoms with Crippen LogP contribution in [0.2, 0.25) is 0 Å². The second-order valence-corrected chi connectivity index (χ2v) is 7.70. The summed E-state index contributed by atoms with van der Waals surface area (Å²) in [5.74, 6) is 0.531. The molecule has 5 heteroatoms. The lowest BCUT2D eigenvalue weighted by atomic mass is 10.0. The Labute approximate surface area is 127 Å². The molecule has 0 spiro atoms. The Bertz CT molecular complexity index is 538. The van der Waals surface area contributed by atoms with Gasteiger partial charge in [0.05, 0.1) is 0 Å². The number of likely N-dealkylation sites (tertiary alicyclic amines) is 1. The molecule has 1 amide bonds. The van der Waals surface area contributed by atoms with E-state index in [-0.39, 0.29) is 11.5 Å². The lowest BCUT2D eigenvalue weighted by molar-refractivity contribution is 0.0270. The number of piperidine rings is 1. The molecule has 1 aromatic heterocycles. The maximum Gasteiger partial charge on any atom is 0.410 e. The Kier molecular flexibility index (Phi) is 3.08. The van der Waals surface area contributed by atoms with Gasteiger partial charge in [0.2, 0.25) is 0 Å². The Morgan fingerprint density at radius 3 is 2.85 bits per heavy atom. The van der Waals surface area contributed by atoms with Gasteiger partial charge in [0.1, 0.15) is 5.60 Å². The van der Waals surface area contributed by atoms with Gasteiger partial charge >= 0.3 is 6.09 Å². The second kappa shape index (κ2) is 4.45. The van der Waals surface area contributed by atoms with Crippen LogP contribution >= 0.6 is 15.9 Å². The van der Waals surface area contributed by atoms with Crippen molar-refractivity contribution in [2.45, 2.75) is 38.2 Å². The molecule has 2 aliphatic rings. The minimum absolute atomic E-state index is 0.0671. The zero-order valence-corrected chi connectivity index (χ0v) is 13.6. The van der Waals surface area contributed by atoms with Gasteiger partial charge in [0.25, 0.3) is 0 Å². The first kappa shape index (κ1) is 13.9. The van der Waals surface area contributed by atoms with Crippen molar-refractivity contribution in [3.8, 4) is 0 Å². The van der Waals surface area contributed by atoms with Crippen LogP contribution < -0.4 is 0 Å². The molecule has 108 valence electrons. The van der Waals surface area contributed by atoms with Crippen LogP contribution in [0.1, 0.15) is 32.9 Å². The van der Waals surface area contributed by atoms with Crippen LogP contribution in [-0.2, 0) is 10.2 Å². The predicted molar refractivity (Wildman–Crippen MR) is 79.5 cm³/mol. The molecule has 2 fully saturated rings. The molecule has 1 saturated carbocycles. The summed E-state index contributed by atoms with van der Waals surface area (Å²) in [6.07, 6.45) is 2.75. The average Bonchev–Trinajstić information content (AvgIpc) is 2.90. The van der Waals surface area contributed by atoms with Gasteiger partial charge in [-0.2, -0.15) is 0 Å². The summed E-state index contributed by atoms with van der Waals surface area (Å²) in [5, 5.41) is 0. The van der Waals surface area contributed by atoms with Crippen molar-refractivity contribution in [1.29, 1.82) is 0 Å². The fourth-order valence-electron chi connectivity index (χ4n) is 3.02. The number of carbonyl (C=O) groups excluding carboxylic acids is 1. The normalized spacial score (nSPS) is 28.2. The van der Waals surface area contributed by atoms with Gasteiger partial charge in [0, 0.05) is 34.9 Å². The van der Waals surface area contributed by atoms with Crippen molar-refractivity contribution in [3.63, 3.8) is 0 Å². The zero-order chi connectivity index (χ0) is 14.5. The molecule has 1 aromatic rings. The van der Waals surface area contributed by atoms with Crippen molar-refractivity contribution in [2.24, 2.45) is 5.92 Å². The molecule has 2 atom stereocenters. The largest absolute Gasteiger partial charge is 0.444 e. The smallest absolute Gasteiger partial charge is 0.410 e. The summed E-state index contributed by atoms with van der Waals surface area (Å²) in [5.41, 5.74) is 0.724. The highest BCUT2D eigenvalue weighted by atomic mass is 79.9. The number of rotatable bonds is 1. The van der Waals surface area contributed by atoms with Crippen LogP contribution in [0, 0.1) is 5.92 Å². The van der Waals surface area contributed by atoms with Crippen molar-refractivity contribution in [1.82, 2.24) is 9.88 Å². The lowest BCUT2D eigenvalue weighted by Gasteiger charge is -2.26. The van der Waals surface area contributed by atoms with E-state index in [2.05, 4.69) is 27.0 Å². The third-order valence-corrected chi connectivity index (χ3v) is 4.50. The van der Waals surface area contributed by atoms with Crippen molar-refractivity contribution >= 4 is 22.0 Å². The van der Waals surface area contributed by atoms with Crippen LogP contribution in [-0.4, -0.2) is 34.7 Å². The first-order valence-electron chi connectivity index (χ1n) is 6.90. The number of aromatic nitrogens is 1. The number of ether oxygens (including phenoxy) is 1. The molecule has 20 heavy (non-hydrogen) atoms. The summed E-state index contributed by atoms with van der Waals surface area (Å²) < 4.78 is 6.43. The summed E-state index contributed by atoms with van der Waals surface area (Å²) >= 11 is 3.41. The standard InChI is InChI=1S/C15H19BrN2O2/c1-14(2,3)20-13(19)18-8-10-6-15(10,9-18)12-5-4-11(16)7-17-12/h4-5,7,10H,6,8-9H2,1-3H3/t10-,15-/m1/s1. The number of nitrogens with zero attached hydrogens (tertiary/aromatic N) is 2. The third-order valence-electron chi connectivity index (χ3n) is 4.03. The molecule has 0 N–H and O–H groups in total. The molecule has 1 aliphatic heterocycles. The number of amides is 1. The highest BCUT2D eigenvalue weighted by molar-refractivity contribution is 9.10. The maximum absolute atomic E-state index is 12.1. The molecule has 0 unspecified atom stereocenters. The van der Waals surface area contributed by atoms with E-state index < -0.39 is 5.60 Å². The van der Waals surface area contributed by atoms with E-state index in [1.165, 1.54) is 0 Å². The number of hydrogen-bond donors (Lipinski definition) is 0. The Hall–Kier alpha value is -1.10. The number of carbonyl (C=O) groups is 1. The highest BCUT2D eigenvalue weighted by Gasteiger charge is 2.63. The molecule has 0 bridgehead atoms.